The number of para-hydroxylation sites is 1. The maximum atomic E-state index is 12.0. The number of rotatable bonds is 7. The van der Waals surface area contributed by atoms with Crippen molar-refractivity contribution in [3.8, 4) is 23.3 Å². The number of hydrogen-bond donors (Lipinski definition) is 0. The molecule has 25 heavy (non-hydrogen) atoms. The SMILES string of the molecule is COc1cc(C#N)ccc1OCCCC(=O)Oc1c(C)cccc1C. The number of nitrogens with zero attached hydrogens (tertiary/aromatic N) is 1. The van der Waals surface area contributed by atoms with Crippen molar-refractivity contribution in [2.24, 2.45) is 0 Å². The topological polar surface area (TPSA) is 68.5 Å². The number of aryl methyl sites for hydroxylation is 2. The molecule has 0 aliphatic carbocycles. The van der Waals surface area contributed by atoms with Crippen molar-refractivity contribution in [3.63, 3.8) is 0 Å². The summed E-state index contributed by atoms with van der Waals surface area (Å²) >= 11 is 0. The highest BCUT2D eigenvalue weighted by molar-refractivity contribution is 5.73. The van der Waals surface area contributed by atoms with Gasteiger partial charge in [-0.25, -0.2) is 0 Å². The van der Waals surface area contributed by atoms with Crippen molar-refractivity contribution in [2.45, 2.75) is 26.7 Å². The first-order chi connectivity index (χ1) is 12.0. The van der Waals surface area contributed by atoms with Gasteiger partial charge >= 0.3 is 5.97 Å². The molecular weight excluding hydrogens is 318 g/mol. The van der Waals surface area contributed by atoms with Crippen LogP contribution in [0.1, 0.15) is 29.5 Å². The Labute approximate surface area is 147 Å². The Kier molecular flexibility index (Phi) is 6.41. The first kappa shape index (κ1) is 18.3. The highest BCUT2D eigenvalue weighted by Crippen LogP contribution is 2.28. The van der Waals surface area contributed by atoms with E-state index >= 15 is 0 Å². The van der Waals surface area contributed by atoms with Crippen LogP contribution in [-0.2, 0) is 4.79 Å². The molecule has 0 fully saturated rings. The Balaban J connectivity index is 1.83. The third kappa shape index (κ3) is 4.98. The van der Waals surface area contributed by atoms with Crippen LogP contribution in [0, 0.1) is 25.2 Å². The molecule has 0 heterocycles. The fourth-order valence-corrected chi connectivity index (χ4v) is 2.38. The standard InChI is InChI=1S/C20H21NO4/c1-14-6-4-7-15(2)20(14)25-19(22)8-5-11-24-17-10-9-16(13-21)12-18(17)23-3/h4,6-7,9-10,12H,5,8,11H2,1-3H3. The molecule has 2 aromatic carbocycles. The van der Waals surface area contributed by atoms with Crippen molar-refractivity contribution in [2.75, 3.05) is 13.7 Å². The largest absolute Gasteiger partial charge is 0.493 e. The van der Waals surface area contributed by atoms with E-state index in [0.717, 1.165) is 11.1 Å². The molecule has 2 rings (SSSR count). The third-order valence-corrected chi connectivity index (χ3v) is 3.70. The Bertz CT molecular complexity index is 773. The van der Waals surface area contributed by atoms with Crippen LogP contribution in [0.5, 0.6) is 17.2 Å². The molecule has 0 spiro atoms. The van der Waals surface area contributed by atoms with E-state index in [2.05, 4.69) is 0 Å². The van der Waals surface area contributed by atoms with Gasteiger partial charge in [0.2, 0.25) is 0 Å². The van der Waals surface area contributed by atoms with Gasteiger partial charge in [-0.1, -0.05) is 18.2 Å². The molecule has 0 atom stereocenters. The second kappa shape index (κ2) is 8.74. The predicted molar refractivity (Wildman–Crippen MR) is 94.0 cm³/mol. The van der Waals surface area contributed by atoms with E-state index < -0.39 is 0 Å². The van der Waals surface area contributed by atoms with Gasteiger partial charge in [0, 0.05) is 12.5 Å². The van der Waals surface area contributed by atoms with Gasteiger partial charge in [-0.2, -0.15) is 5.26 Å². The maximum absolute atomic E-state index is 12.0. The highest BCUT2D eigenvalue weighted by Gasteiger charge is 2.10. The van der Waals surface area contributed by atoms with Gasteiger partial charge in [-0.15, -0.1) is 0 Å². The molecule has 0 saturated carbocycles. The lowest BCUT2D eigenvalue weighted by Gasteiger charge is -2.12. The quantitative estimate of drug-likeness (QED) is 0.434. The van der Waals surface area contributed by atoms with Crippen molar-refractivity contribution in [1.82, 2.24) is 0 Å². The first-order valence-electron chi connectivity index (χ1n) is 8.03. The lowest BCUT2D eigenvalue weighted by Crippen LogP contribution is -2.11. The number of nitriles is 1. The van der Waals surface area contributed by atoms with Crippen molar-refractivity contribution < 1.29 is 19.0 Å². The van der Waals surface area contributed by atoms with Gasteiger partial charge in [-0.05, 0) is 43.5 Å². The molecule has 0 N–H and O–H groups in total. The summed E-state index contributed by atoms with van der Waals surface area (Å²) in [5.41, 5.74) is 2.38. The summed E-state index contributed by atoms with van der Waals surface area (Å²) in [5, 5.41) is 8.89. The van der Waals surface area contributed by atoms with Gasteiger partial charge in [-0.3, -0.25) is 4.79 Å². The van der Waals surface area contributed by atoms with Crippen molar-refractivity contribution in [1.29, 1.82) is 5.26 Å². The zero-order valence-electron chi connectivity index (χ0n) is 14.7. The van der Waals surface area contributed by atoms with Crippen LogP contribution < -0.4 is 14.2 Å². The monoisotopic (exact) mass is 339 g/mol. The van der Waals surface area contributed by atoms with E-state index in [1.54, 1.807) is 18.2 Å². The first-order valence-corrected chi connectivity index (χ1v) is 8.03. The number of ether oxygens (including phenoxy) is 3. The fraction of sp³-hybridized carbons (Fsp3) is 0.300. The Morgan fingerprint density at radius 2 is 1.84 bits per heavy atom. The van der Waals surface area contributed by atoms with Gasteiger partial charge in [0.05, 0.1) is 25.3 Å². The van der Waals surface area contributed by atoms with E-state index in [-0.39, 0.29) is 12.4 Å². The van der Waals surface area contributed by atoms with Gasteiger partial charge < -0.3 is 14.2 Å². The zero-order chi connectivity index (χ0) is 18.2. The average Bonchev–Trinajstić information content (AvgIpc) is 2.62. The summed E-state index contributed by atoms with van der Waals surface area (Å²) in [6.07, 6.45) is 0.777. The number of hydrogen-bond acceptors (Lipinski definition) is 5. The smallest absolute Gasteiger partial charge is 0.311 e. The normalized spacial score (nSPS) is 10.0. The number of benzene rings is 2. The molecule has 0 amide bonds. The minimum atomic E-state index is -0.284. The van der Waals surface area contributed by atoms with Crippen LogP contribution in [0.3, 0.4) is 0 Å². The van der Waals surface area contributed by atoms with E-state index in [1.807, 2.05) is 38.1 Å². The Hall–Kier alpha value is -3.00. The Morgan fingerprint density at radius 1 is 1.12 bits per heavy atom. The zero-order valence-corrected chi connectivity index (χ0v) is 14.7. The van der Waals surface area contributed by atoms with Gasteiger partial charge in [0.25, 0.3) is 0 Å². The van der Waals surface area contributed by atoms with Crippen molar-refractivity contribution in [3.05, 3.63) is 53.1 Å². The van der Waals surface area contributed by atoms with E-state index in [9.17, 15) is 4.79 Å². The summed E-state index contributed by atoms with van der Waals surface area (Å²) < 4.78 is 16.3. The summed E-state index contributed by atoms with van der Waals surface area (Å²) in [6.45, 7) is 4.18. The summed E-state index contributed by atoms with van der Waals surface area (Å²) in [6, 6.07) is 12.8. The van der Waals surface area contributed by atoms with Gasteiger partial charge in [0.15, 0.2) is 11.5 Å². The van der Waals surface area contributed by atoms with E-state index in [1.165, 1.54) is 7.11 Å². The summed E-state index contributed by atoms with van der Waals surface area (Å²) in [7, 11) is 1.52. The number of methoxy groups -OCH3 is 1. The lowest BCUT2D eigenvalue weighted by atomic mass is 10.1. The molecule has 5 heteroatoms. The Morgan fingerprint density at radius 3 is 2.48 bits per heavy atom. The minimum Gasteiger partial charge on any atom is -0.493 e. The van der Waals surface area contributed by atoms with Crippen LogP contribution in [0.2, 0.25) is 0 Å². The number of carbonyl (C=O) groups excluding carboxylic acids is 1. The van der Waals surface area contributed by atoms with E-state index in [4.69, 9.17) is 19.5 Å². The molecule has 2 aromatic rings. The number of carbonyl (C=O) groups is 1. The van der Waals surface area contributed by atoms with Crippen molar-refractivity contribution >= 4 is 5.97 Å². The molecule has 0 aliphatic rings. The van der Waals surface area contributed by atoms with Crippen LogP contribution in [0.4, 0.5) is 0 Å². The molecule has 0 aromatic heterocycles. The lowest BCUT2D eigenvalue weighted by molar-refractivity contribution is -0.134. The molecule has 130 valence electrons. The molecule has 0 radical (unpaired) electrons. The second-order valence-electron chi connectivity index (χ2n) is 5.62. The summed E-state index contributed by atoms with van der Waals surface area (Å²) in [5.74, 6) is 1.39. The molecular formula is C20H21NO4. The van der Waals surface area contributed by atoms with Crippen LogP contribution >= 0.6 is 0 Å². The third-order valence-electron chi connectivity index (χ3n) is 3.70. The highest BCUT2D eigenvalue weighted by atomic mass is 16.5. The van der Waals surface area contributed by atoms with E-state index in [0.29, 0.717) is 35.8 Å². The molecule has 0 bridgehead atoms. The minimum absolute atomic E-state index is 0.256. The maximum Gasteiger partial charge on any atom is 0.311 e. The molecule has 0 unspecified atom stereocenters. The molecule has 0 aliphatic heterocycles. The van der Waals surface area contributed by atoms with Crippen LogP contribution in [-0.4, -0.2) is 19.7 Å². The second-order valence-corrected chi connectivity index (χ2v) is 5.62. The number of esters is 1. The molecule has 5 nitrogen and oxygen atoms in total. The predicted octanol–water partition coefficient (Wildman–Crippen LogP) is 3.95. The van der Waals surface area contributed by atoms with Crippen LogP contribution in [0.15, 0.2) is 36.4 Å². The summed E-state index contributed by atoms with van der Waals surface area (Å²) in [4.78, 5) is 12.0. The van der Waals surface area contributed by atoms with Crippen LogP contribution in [0.25, 0.3) is 0 Å². The van der Waals surface area contributed by atoms with Gasteiger partial charge in [0.1, 0.15) is 5.75 Å². The average molecular weight is 339 g/mol. The fourth-order valence-electron chi connectivity index (χ4n) is 2.38. The molecule has 0 saturated heterocycles.